The summed E-state index contributed by atoms with van der Waals surface area (Å²) in [7, 11) is 0. The summed E-state index contributed by atoms with van der Waals surface area (Å²) in [4.78, 5) is 62.1. The molecular weight excluding hydrogens is 1110 g/mol. The van der Waals surface area contributed by atoms with Gasteiger partial charge in [0.15, 0.2) is 26.4 Å². The van der Waals surface area contributed by atoms with Gasteiger partial charge in [-0.25, -0.2) is 0 Å². The first-order chi connectivity index (χ1) is 41.5. The highest BCUT2D eigenvalue weighted by molar-refractivity contribution is 5.79. The van der Waals surface area contributed by atoms with Gasteiger partial charge in [0.05, 0.1) is 52.9 Å². The molecule has 16 nitrogen and oxygen atoms in total. The van der Waals surface area contributed by atoms with Crippen LogP contribution in [0.5, 0.6) is 23.0 Å². The lowest BCUT2D eigenvalue weighted by molar-refractivity contribution is -0.133. The smallest absolute Gasteiger partial charge is 0.260 e. The van der Waals surface area contributed by atoms with E-state index in [-0.39, 0.29) is 125 Å². The van der Waals surface area contributed by atoms with Gasteiger partial charge in [0.2, 0.25) is 0 Å². The Hall–Kier alpha value is -6.20. The molecule has 0 N–H and O–H groups in total. The zero-order chi connectivity index (χ0) is 65.3. The maximum atomic E-state index is 13.8. The van der Waals surface area contributed by atoms with Crippen molar-refractivity contribution in [3.63, 3.8) is 0 Å². The molecule has 1 aliphatic heterocycles. The van der Waals surface area contributed by atoms with E-state index in [2.05, 4.69) is 132 Å². The fourth-order valence-electron chi connectivity index (χ4n) is 10.6. The fraction of sp³-hybridized carbons (Fsp3) is 0.611. The van der Waals surface area contributed by atoms with Gasteiger partial charge in [0.25, 0.3) is 23.6 Å². The van der Waals surface area contributed by atoms with Gasteiger partial charge in [-0.05, 0) is 148 Å². The quantitative estimate of drug-likeness (QED) is 0.0827. The number of carbonyl (C=O) groups excluding carboxylic acids is 4. The number of likely N-dealkylation sites (N-methyl/N-ethyl adjacent to an activating group) is 4. The van der Waals surface area contributed by atoms with Gasteiger partial charge in [-0.3, -0.25) is 19.2 Å². The highest BCUT2D eigenvalue weighted by atomic mass is 16.5. The lowest BCUT2D eigenvalue weighted by Crippen LogP contribution is -2.34. The number of fused-ring (bicyclic) bond motifs is 8. The van der Waals surface area contributed by atoms with E-state index in [9.17, 15) is 19.2 Å². The van der Waals surface area contributed by atoms with Crippen LogP contribution in [0.25, 0.3) is 0 Å². The Morgan fingerprint density at radius 1 is 0.295 bits per heavy atom. The number of nitrogens with zero attached hydrogens (tertiary/aromatic N) is 4. The molecule has 488 valence electrons. The molecule has 0 atom stereocenters. The average molecular weight is 1220 g/mol. The van der Waals surface area contributed by atoms with E-state index >= 15 is 0 Å². The third-order valence-corrected chi connectivity index (χ3v) is 16.3. The van der Waals surface area contributed by atoms with Crippen molar-refractivity contribution in [1.82, 2.24) is 19.6 Å². The highest BCUT2D eigenvalue weighted by Gasteiger charge is 2.29. The predicted molar refractivity (Wildman–Crippen MR) is 348 cm³/mol. The predicted octanol–water partition coefficient (Wildman–Crippen LogP) is 13.0. The van der Waals surface area contributed by atoms with E-state index in [1.807, 2.05) is 55.4 Å². The van der Waals surface area contributed by atoms with Crippen molar-refractivity contribution in [2.24, 2.45) is 0 Å². The number of ether oxygens (including phenoxy) is 8. The second kappa shape index (κ2) is 32.5. The molecule has 0 aromatic heterocycles. The summed E-state index contributed by atoms with van der Waals surface area (Å²) < 4.78 is 54.1. The second-order valence-corrected chi connectivity index (χ2v) is 26.9. The topological polar surface area (TPSA) is 155 Å². The maximum Gasteiger partial charge on any atom is 0.260 e. The van der Waals surface area contributed by atoms with Gasteiger partial charge >= 0.3 is 0 Å². The lowest BCUT2D eigenvalue weighted by atomic mass is 9.84. The van der Waals surface area contributed by atoms with Gasteiger partial charge in [0.1, 0.15) is 23.0 Å². The maximum absolute atomic E-state index is 13.8. The first kappa shape index (κ1) is 72.5. The Bertz CT molecular complexity index is 2460. The number of carbonyl (C=O) groups is 4. The van der Waals surface area contributed by atoms with E-state index in [0.717, 1.165) is 66.8 Å². The number of amides is 4. The van der Waals surface area contributed by atoms with E-state index < -0.39 is 0 Å². The summed E-state index contributed by atoms with van der Waals surface area (Å²) in [6.07, 6.45) is 0. The van der Waals surface area contributed by atoms with Crippen molar-refractivity contribution < 1.29 is 57.1 Å². The standard InChI is InChI=1S/C72H108N4O12/c1-21-73(22-2)61(77)45-85-65-49-29-57(69(9,10)11)30-50(65)38-82-40-52-32-59(71(15,16)17)34-54(67(52)87-47-63(79)75(25-5)26-6)42-84-44-56-36-60(72(18,19)20)35-55(68(56)88-48-64(80)76(27-7)28-8)43-83-41-53-33-58(70(12,13)14)31-51(39-81-37-49)66(53)86-46-62(78)74(23-3)24-4/h29-36H,21-28,37-48H2,1-20H3. The first-order valence-electron chi connectivity index (χ1n) is 32.0. The molecule has 1 aliphatic rings. The van der Waals surface area contributed by atoms with Gasteiger partial charge in [-0.15, -0.1) is 0 Å². The van der Waals surface area contributed by atoms with Crippen LogP contribution in [-0.4, -0.2) is 122 Å². The Kier molecular flexibility index (Phi) is 26.8. The van der Waals surface area contributed by atoms with Crippen LogP contribution in [0, 0.1) is 0 Å². The molecule has 4 aromatic carbocycles. The second-order valence-electron chi connectivity index (χ2n) is 26.9. The Morgan fingerprint density at radius 2 is 0.432 bits per heavy atom. The normalized spacial score (nSPS) is 13.9. The Morgan fingerprint density at radius 3 is 0.545 bits per heavy atom. The van der Waals surface area contributed by atoms with Gasteiger partial charge < -0.3 is 57.5 Å². The minimum absolute atomic E-state index is 0.0800. The first-order valence-corrected chi connectivity index (χ1v) is 32.0. The molecule has 0 aliphatic carbocycles. The minimum atomic E-state index is -0.325. The van der Waals surface area contributed by atoms with Crippen molar-refractivity contribution in [3.8, 4) is 23.0 Å². The van der Waals surface area contributed by atoms with Crippen molar-refractivity contribution in [1.29, 1.82) is 0 Å². The number of hydrogen-bond acceptors (Lipinski definition) is 12. The van der Waals surface area contributed by atoms with Crippen molar-refractivity contribution in [3.05, 3.63) is 115 Å². The van der Waals surface area contributed by atoms with Crippen LogP contribution in [-0.2, 0) is 113 Å². The van der Waals surface area contributed by atoms with Crippen molar-refractivity contribution >= 4 is 23.6 Å². The molecule has 0 saturated heterocycles. The van der Waals surface area contributed by atoms with E-state index in [1.165, 1.54) is 0 Å². The number of hydrogen-bond donors (Lipinski definition) is 0. The van der Waals surface area contributed by atoms with Crippen LogP contribution in [0.2, 0.25) is 0 Å². The van der Waals surface area contributed by atoms with Crippen LogP contribution in [0.1, 0.15) is 205 Å². The molecule has 0 spiro atoms. The molecule has 8 bridgehead atoms. The molecule has 4 amide bonds. The summed E-state index contributed by atoms with van der Waals surface area (Å²) >= 11 is 0. The minimum Gasteiger partial charge on any atom is -0.483 e. The van der Waals surface area contributed by atoms with Gasteiger partial charge in [-0.2, -0.15) is 0 Å². The third kappa shape index (κ3) is 19.9. The summed E-state index contributed by atoms with van der Waals surface area (Å²) in [6.45, 7) is 45.5. The van der Waals surface area contributed by atoms with E-state index in [4.69, 9.17) is 37.9 Å². The monoisotopic (exact) mass is 1220 g/mol. The number of rotatable bonds is 20. The van der Waals surface area contributed by atoms with Crippen LogP contribution >= 0.6 is 0 Å². The largest absolute Gasteiger partial charge is 0.483 e. The van der Waals surface area contributed by atoms with Crippen LogP contribution in [0.4, 0.5) is 0 Å². The van der Waals surface area contributed by atoms with Crippen molar-refractivity contribution in [2.45, 2.75) is 213 Å². The summed E-state index contributed by atoms with van der Waals surface area (Å²) in [5, 5.41) is 0. The lowest BCUT2D eigenvalue weighted by Gasteiger charge is -2.27. The SMILES string of the molecule is CCN(CC)C(=O)COc1c2cc(C(C)(C)C)cc1COCc1cc(C(C)(C)C)cc(c1OCC(=O)N(CC)CC)COCc1cc(C(C)(C)C)cc(c1OCC(=O)N(CC)CC)COCc1cc(C(C)(C)C)cc(c1OCC(=O)N(CC)CC)COC2. The summed E-state index contributed by atoms with van der Waals surface area (Å²) in [5.41, 5.74) is 8.56. The highest BCUT2D eigenvalue weighted by Crippen LogP contribution is 2.40. The Labute approximate surface area is 528 Å². The van der Waals surface area contributed by atoms with E-state index in [1.54, 1.807) is 19.6 Å². The van der Waals surface area contributed by atoms with Crippen LogP contribution in [0.3, 0.4) is 0 Å². The molecular formula is C72H108N4O12. The van der Waals surface area contributed by atoms with E-state index in [0.29, 0.717) is 75.4 Å². The molecule has 0 unspecified atom stereocenters. The molecule has 0 saturated carbocycles. The number of benzene rings is 4. The van der Waals surface area contributed by atoms with Crippen molar-refractivity contribution in [2.75, 3.05) is 78.8 Å². The molecule has 0 fully saturated rings. The van der Waals surface area contributed by atoms with Crippen LogP contribution < -0.4 is 18.9 Å². The summed E-state index contributed by atoms with van der Waals surface area (Å²) in [5.74, 6) is 1.34. The van der Waals surface area contributed by atoms with Gasteiger partial charge in [-0.1, -0.05) is 83.1 Å². The molecule has 4 aromatic rings. The van der Waals surface area contributed by atoms with Gasteiger partial charge in [0, 0.05) is 96.9 Å². The van der Waals surface area contributed by atoms with Crippen LogP contribution in [0.15, 0.2) is 48.5 Å². The molecule has 88 heavy (non-hydrogen) atoms. The molecule has 16 heteroatoms. The molecule has 5 rings (SSSR count). The average Bonchev–Trinajstić information content (AvgIpc) is 2.63. The third-order valence-electron chi connectivity index (χ3n) is 16.3. The Balaban J connectivity index is 1.82. The zero-order valence-corrected chi connectivity index (χ0v) is 57.4. The molecule has 1 heterocycles. The summed E-state index contributed by atoms with van der Waals surface area (Å²) in [6, 6.07) is 16.7. The molecule has 0 radical (unpaired) electrons. The fourth-order valence-corrected chi connectivity index (χ4v) is 10.6. The zero-order valence-electron chi connectivity index (χ0n) is 57.4.